The molecule has 0 bridgehead atoms. The van der Waals surface area contributed by atoms with E-state index >= 15 is 0 Å². The van der Waals surface area contributed by atoms with Crippen LogP contribution in [0.25, 0.3) is 54.7 Å². The van der Waals surface area contributed by atoms with Crippen molar-refractivity contribution in [3.63, 3.8) is 0 Å². The van der Waals surface area contributed by atoms with Crippen LogP contribution in [0.2, 0.25) is 0 Å². The molecule has 1 aliphatic rings. The Morgan fingerprint density at radius 3 is 2.24 bits per heavy atom. The zero-order valence-corrected chi connectivity index (χ0v) is 24.8. The largest absolute Gasteiger partial charge is 0.358 e. The first-order chi connectivity index (χ1) is 19.8. The van der Waals surface area contributed by atoms with Crippen molar-refractivity contribution < 1.29 is 14.4 Å². The highest BCUT2D eigenvalue weighted by Gasteiger charge is 2.61. The second-order valence-corrected chi connectivity index (χ2v) is 12.1. The number of aliphatic hydroxyl groups is 1. The van der Waals surface area contributed by atoms with Crippen molar-refractivity contribution in [2.24, 2.45) is 13.0 Å². The molecule has 1 unspecified atom stereocenters. The third-order valence-electron chi connectivity index (χ3n) is 9.72. The molecule has 7 rings (SSSR count). The van der Waals surface area contributed by atoms with Gasteiger partial charge in [0.25, 0.3) is 6.33 Å². The number of aryl methyl sites for hydroxylation is 1. The van der Waals surface area contributed by atoms with E-state index in [1.54, 1.807) is 7.11 Å². The number of hydrogen-bond acceptors (Lipinski definition) is 3. The maximum atomic E-state index is 12.8. The van der Waals surface area contributed by atoms with Gasteiger partial charge in [0.1, 0.15) is 5.52 Å². The van der Waals surface area contributed by atoms with Gasteiger partial charge >= 0.3 is 0 Å². The maximum Gasteiger partial charge on any atom is 0.288 e. The van der Waals surface area contributed by atoms with Crippen LogP contribution >= 0.6 is 0 Å². The Balaban J connectivity index is 1.73. The lowest BCUT2D eigenvalue weighted by Crippen LogP contribution is -2.70. The van der Waals surface area contributed by atoms with Crippen LogP contribution in [0.3, 0.4) is 0 Å². The minimum atomic E-state index is -1.55. The zero-order valence-electron chi connectivity index (χ0n) is 24.8. The number of benzene rings is 4. The fourth-order valence-corrected chi connectivity index (χ4v) is 7.74. The van der Waals surface area contributed by atoms with E-state index in [9.17, 15) is 5.11 Å². The summed E-state index contributed by atoms with van der Waals surface area (Å²) in [5.41, 5.74) is 6.70. The van der Waals surface area contributed by atoms with E-state index in [0.717, 1.165) is 50.6 Å². The molecule has 1 aliphatic heterocycles. The van der Waals surface area contributed by atoms with Crippen molar-refractivity contribution in [3.05, 3.63) is 84.2 Å². The van der Waals surface area contributed by atoms with Crippen molar-refractivity contribution in [2.45, 2.75) is 58.3 Å². The van der Waals surface area contributed by atoms with Crippen LogP contribution in [0.15, 0.2) is 73.1 Å². The highest BCUT2D eigenvalue weighted by atomic mass is 16.6. The predicted molar refractivity (Wildman–Crippen MR) is 167 cm³/mol. The van der Waals surface area contributed by atoms with Gasteiger partial charge < -0.3 is 14.4 Å². The number of rotatable bonds is 5. The van der Waals surface area contributed by atoms with E-state index in [0.29, 0.717) is 18.8 Å². The summed E-state index contributed by atoms with van der Waals surface area (Å²) in [6.45, 7) is 8.81. The lowest BCUT2D eigenvalue weighted by Gasteiger charge is -2.48. The standard InChI is InChI=1S/C36H38N3O2/c1-7-35(8-2)36(40,41-6)31-27-16-12-11-15-26(27)25(17-22(3)4)19-29(31)33-34-32(37-21-39(33)35)28-18-23-13-9-10-14-24(23)20-30(28)38(34)5/h9-16,18-22,40H,7-8,17H2,1-6H3/q+1. The number of fused-ring (bicyclic) bond motifs is 10. The first-order valence-corrected chi connectivity index (χ1v) is 14.8. The van der Waals surface area contributed by atoms with Crippen molar-refractivity contribution in [3.8, 4) is 11.3 Å². The SMILES string of the molecule is CCC1(CC)[n+]2cnc3c4cc5ccccc5cc4n(C)c3c2-c2cc(CC(C)C)c3ccccc3c2C1(O)OC. The average Bonchev–Trinajstić information content (AvgIpc) is 3.26. The predicted octanol–water partition coefficient (Wildman–Crippen LogP) is 7.51. The minimum Gasteiger partial charge on any atom is -0.358 e. The molecule has 41 heavy (non-hydrogen) atoms. The molecule has 2 aromatic heterocycles. The van der Waals surface area contributed by atoms with Gasteiger partial charge in [-0.3, -0.25) is 0 Å². The number of aromatic nitrogens is 3. The Kier molecular flexibility index (Phi) is 5.80. The normalized spacial score (nSPS) is 18.0. The molecule has 0 aliphatic carbocycles. The molecule has 1 N–H and O–H groups in total. The smallest absolute Gasteiger partial charge is 0.288 e. The monoisotopic (exact) mass is 544 g/mol. The molecule has 208 valence electrons. The van der Waals surface area contributed by atoms with Gasteiger partial charge in [-0.05, 0) is 75.5 Å². The molecule has 0 fully saturated rings. The Morgan fingerprint density at radius 2 is 1.59 bits per heavy atom. The van der Waals surface area contributed by atoms with E-state index in [1.807, 2.05) is 6.33 Å². The Morgan fingerprint density at radius 1 is 0.927 bits per heavy atom. The highest BCUT2D eigenvalue weighted by Crippen LogP contribution is 2.53. The summed E-state index contributed by atoms with van der Waals surface area (Å²) in [5, 5.41) is 18.6. The van der Waals surface area contributed by atoms with Crippen molar-refractivity contribution in [2.75, 3.05) is 7.11 Å². The van der Waals surface area contributed by atoms with Gasteiger partial charge in [-0.25, -0.2) is 4.57 Å². The third kappa shape index (κ3) is 3.30. The molecule has 0 radical (unpaired) electrons. The van der Waals surface area contributed by atoms with Crippen LogP contribution in [0, 0.1) is 5.92 Å². The second kappa shape index (κ2) is 9.10. The molecular weight excluding hydrogens is 506 g/mol. The number of methoxy groups -OCH3 is 1. The zero-order chi connectivity index (χ0) is 28.7. The van der Waals surface area contributed by atoms with Crippen LogP contribution in [0.5, 0.6) is 0 Å². The summed E-state index contributed by atoms with van der Waals surface area (Å²) in [7, 11) is 3.79. The van der Waals surface area contributed by atoms with Gasteiger partial charge in [0, 0.05) is 25.3 Å². The van der Waals surface area contributed by atoms with Crippen molar-refractivity contribution >= 4 is 43.5 Å². The Labute approximate surface area is 241 Å². The average molecular weight is 545 g/mol. The van der Waals surface area contributed by atoms with Crippen LogP contribution < -0.4 is 4.57 Å². The number of ether oxygens (including phenoxy) is 1. The van der Waals surface area contributed by atoms with Crippen molar-refractivity contribution in [1.29, 1.82) is 0 Å². The molecular formula is C36H38N3O2+. The van der Waals surface area contributed by atoms with Crippen molar-refractivity contribution in [1.82, 2.24) is 9.55 Å². The third-order valence-corrected chi connectivity index (χ3v) is 9.72. The van der Waals surface area contributed by atoms with Gasteiger partial charge in [-0.1, -0.05) is 76.2 Å². The molecule has 0 spiro atoms. The van der Waals surface area contributed by atoms with Gasteiger partial charge in [-0.2, -0.15) is 0 Å². The van der Waals surface area contributed by atoms with Crippen LogP contribution in [0.1, 0.15) is 51.7 Å². The molecule has 1 atom stereocenters. The van der Waals surface area contributed by atoms with Gasteiger partial charge in [-0.15, -0.1) is 0 Å². The molecule has 3 heterocycles. The summed E-state index contributed by atoms with van der Waals surface area (Å²) < 4.78 is 10.8. The quantitative estimate of drug-likeness (QED) is 0.181. The minimum absolute atomic E-state index is 0.487. The Bertz CT molecular complexity index is 2000. The first kappa shape index (κ1) is 26.1. The molecule has 4 aromatic carbocycles. The fourth-order valence-electron chi connectivity index (χ4n) is 7.74. The number of nitrogens with zero attached hydrogens (tertiary/aromatic N) is 3. The first-order valence-electron chi connectivity index (χ1n) is 14.8. The maximum absolute atomic E-state index is 12.8. The summed E-state index contributed by atoms with van der Waals surface area (Å²) >= 11 is 0. The van der Waals surface area contributed by atoms with E-state index < -0.39 is 11.3 Å². The summed E-state index contributed by atoms with van der Waals surface area (Å²) in [6.07, 6.45) is 4.24. The fraction of sp³-hybridized carbons (Fsp3) is 0.333. The van der Waals surface area contributed by atoms with E-state index in [2.05, 4.69) is 111 Å². The van der Waals surface area contributed by atoms with Crippen LogP contribution in [0.4, 0.5) is 0 Å². The summed E-state index contributed by atoms with van der Waals surface area (Å²) in [4.78, 5) is 5.12. The lowest BCUT2D eigenvalue weighted by molar-refractivity contribution is -0.791. The lowest BCUT2D eigenvalue weighted by atomic mass is 9.71. The van der Waals surface area contributed by atoms with E-state index in [4.69, 9.17) is 9.72 Å². The van der Waals surface area contributed by atoms with Gasteiger partial charge in [0.2, 0.25) is 11.3 Å². The molecule has 0 saturated heterocycles. The van der Waals surface area contributed by atoms with Crippen LogP contribution in [-0.4, -0.2) is 21.8 Å². The topological polar surface area (TPSA) is 51.2 Å². The molecule has 0 amide bonds. The molecule has 6 aromatic rings. The molecule has 0 saturated carbocycles. The molecule has 5 heteroatoms. The second-order valence-electron chi connectivity index (χ2n) is 12.1. The summed E-state index contributed by atoms with van der Waals surface area (Å²) in [5.74, 6) is -1.06. The highest BCUT2D eigenvalue weighted by molar-refractivity contribution is 6.14. The summed E-state index contributed by atoms with van der Waals surface area (Å²) in [6, 6.07) is 23.9. The number of hydrogen-bond donors (Lipinski definition) is 1. The van der Waals surface area contributed by atoms with E-state index in [-0.39, 0.29) is 0 Å². The van der Waals surface area contributed by atoms with Crippen LogP contribution in [-0.2, 0) is 29.5 Å². The molecule has 5 nitrogen and oxygen atoms in total. The Hall–Kier alpha value is -3.80. The van der Waals surface area contributed by atoms with Gasteiger partial charge in [0.05, 0.1) is 10.9 Å². The van der Waals surface area contributed by atoms with E-state index in [1.165, 1.54) is 21.7 Å². The van der Waals surface area contributed by atoms with Gasteiger partial charge in [0.15, 0.2) is 11.2 Å².